The van der Waals surface area contributed by atoms with Gasteiger partial charge in [0.25, 0.3) is 5.91 Å². The van der Waals surface area contributed by atoms with Crippen molar-refractivity contribution in [1.29, 1.82) is 0 Å². The van der Waals surface area contributed by atoms with Gasteiger partial charge in [0.15, 0.2) is 6.61 Å². The molecule has 0 fully saturated rings. The Kier molecular flexibility index (Phi) is 6.51. The second-order valence-corrected chi connectivity index (χ2v) is 6.10. The first-order valence-electron chi connectivity index (χ1n) is 7.34. The molecule has 0 radical (unpaired) electrons. The van der Waals surface area contributed by atoms with Crippen molar-refractivity contribution in [3.63, 3.8) is 0 Å². The molecule has 0 saturated heterocycles. The summed E-state index contributed by atoms with van der Waals surface area (Å²) in [7, 11) is 0. The first-order valence-corrected chi connectivity index (χ1v) is 8.22. The van der Waals surface area contributed by atoms with Crippen LogP contribution in [-0.4, -0.2) is 24.4 Å². The van der Waals surface area contributed by atoms with Crippen LogP contribution in [0.3, 0.4) is 0 Å². The maximum absolute atomic E-state index is 11.7. The molecule has 0 aliphatic carbocycles. The summed E-state index contributed by atoms with van der Waals surface area (Å²) in [5, 5.41) is 7.26. The first kappa shape index (κ1) is 17.7. The van der Waals surface area contributed by atoms with Gasteiger partial charge in [0.05, 0.1) is 13.0 Å². The zero-order valence-electron chi connectivity index (χ0n) is 13.2. The fraction of sp³-hybridized carbons (Fsp3) is 0.235. The van der Waals surface area contributed by atoms with Gasteiger partial charge in [0, 0.05) is 17.5 Å². The third kappa shape index (κ3) is 6.21. The van der Waals surface area contributed by atoms with Crippen molar-refractivity contribution in [3.05, 3.63) is 52.2 Å². The normalized spacial score (nSPS) is 10.0. The molecule has 1 aromatic carbocycles. The van der Waals surface area contributed by atoms with Crippen LogP contribution in [0.4, 0.5) is 5.69 Å². The molecule has 2 aromatic rings. The zero-order valence-corrected chi connectivity index (χ0v) is 14.0. The summed E-state index contributed by atoms with van der Waals surface area (Å²) in [6, 6.07) is 10.7. The standard InChI is InChI=1S/C17H18N2O4S/c1-12(20)19-14-6-4-13(5-7-14)9-17(22)23-11-16(21)18-10-15-3-2-8-24-15/h2-8H,9-11H2,1H3,(H,18,21)(H,19,20). The van der Waals surface area contributed by atoms with Crippen molar-refractivity contribution in [2.24, 2.45) is 0 Å². The molecule has 2 rings (SSSR count). The smallest absolute Gasteiger partial charge is 0.310 e. The number of hydrogen-bond acceptors (Lipinski definition) is 5. The Balaban J connectivity index is 1.70. The molecule has 6 nitrogen and oxygen atoms in total. The molecule has 2 N–H and O–H groups in total. The van der Waals surface area contributed by atoms with Crippen LogP contribution in [0, 0.1) is 0 Å². The Bertz CT molecular complexity index is 696. The summed E-state index contributed by atoms with van der Waals surface area (Å²) < 4.78 is 4.96. The number of amides is 2. The quantitative estimate of drug-likeness (QED) is 0.752. The van der Waals surface area contributed by atoms with Crippen molar-refractivity contribution in [2.45, 2.75) is 19.9 Å². The zero-order chi connectivity index (χ0) is 17.4. The molecular formula is C17H18N2O4S. The van der Waals surface area contributed by atoms with Crippen molar-refractivity contribution >= 4 is 34.8 Å². The van der Waals surface area contributed by atoms with Crippen LogP contribution in [0.15, 0.2) is 41.8 Å². The van der Waals surface area contributed by atoms with Crippen molar-refractivity contribution in [2.75, 3.05) is 11.9 Å². The number of ether oxygens (including phenoxy) is 1. The molecule has 1 heterocycles. The number of rotatable bonds is 7. The van der Waals surface area contributed by atoms with Gasteiger partial charge in [0.2, 0.25) is 5.91 Å². The van der Waals surface area contributed by atoms with E-state index in [0.29, 0.717) is 12.2 Å². The minimum absolute atomic E-state index is 0.0680. The summed E-state index contributed by atoms with van der Waals surface area (Å²) in [5.74, 6) is -0.970. The molecule has 0 unspecified atom stereocenters. The lowest BCUT2D eigenvalue weighted by Crippen LogP contribution is -2.28. The summed E-state index contributed by atoms with van der Waals surface area (Å²) in [6.45, 7) is 1.56. The molecule has 0 saturated carbocycles. The fourth-order valence-corrected chi connectivity index (χ4v) is 2.57. The molecule has 0 atom stereocenters. The molecule has 24 heavy (non-hydrogen) atoms. The molecule has 0 spiro atoms. The largest absolute Gasteiger partial charge is 0.455 e. The predicted octanol–water partition coefficient (Wildman–Crippen LogP) is 2.11. The lowest BCUT2D eigenvalue weighted by Gasteiger charge is -2.07. The Morgan fingerprint density at radius 2 is 1.88 bits per heavy atom. The summed E-state index contributed by atoms with van der Waals surface area (Å²) in [4.78, 5) is 35.3. The number of benzene rings is 1. The van der Waals surface area contributed by atoms with Crippen molar-refractivity contribution < 1.29 is 19.1 Å². The van der Waals surface area contributed by atoms with E-state index in [1.54, 1.807) is 35.6 Å². The van der Waals surface area contributed by atoms with Gasteiger partial charge in [-0.2, -0.15) is 0 Å². The summed E-state index contributed by atoms with van der Waals surface area (Å²) in [6.07, 6.45) is 0.0680. The minimum atomic E-state index is -0.478. The van der Waals surface area contributed by atoms with E-state index in [1.807, 2.05) is 17.5 Å². The van der Waals surface area contributed by atoms with E-state index in [-0.39, 0.29) is 24.8 Å². The van der Waals surface area contributed by atoms with E-state index >= 15 is 0 Å². The highest BCUT2D eigenvalue weighted by atomic mass is 32.1. The summed E-state index contributed by atoms with van der Waals surface area (Å²) in [5.41, 5.74) is 1.40. The topological polar surface area (TPSA) is 84.5 Å². The van der Waals surface area contributed by atoms with E-state index in [2.05, 4.69) is 10.6 Å². The number of anilines is 1. The highest BCUT2D eigenvalue weighted by molar-refractivity contribution is 7.09. The Hall–Kier alpha value is -2.67. The van der Waals surface area contributed by atoms with Crippen LogP contribution in [0.5, 0.6) is 0 Å². The molecule has 1 aromatic heterocycles. The van der Waals surface area contributed by atoms with E-state index in [0.717, 1.165) is 10.4 Å². The second kappa shape index (κ2) is 8.83. The maximum atomic E-state index is 11.7. The van der Waals surface area contributed by atoms with Gasteiger partial charge in [-0.1, -0.05) is 18.2 Å². The van der Waals surface area contributed by atoms with E-state index in [9.17, 15) is 14.4 Å². The number of hydrogen-bond donors (Lipinski definition) is 2. The molecular weight excluding hydrogens is 328 g/mol. The predicted molar refractivity (Wildman–Crippen MR) is 91.6 cm³/mol. The van der Waals surface area contributed by atoms with Crippen LogP contribution in [0.1, 0.15) is 17.4 Å². The highest BCUT2D eigenvalue weighted by Crippen LogP contribution is 2.10. The van der Waals surface area contributed by atoms with Gasteiger partial charge in [-0.3, -0.25) is 14.4 Å². The first-order chi connectivity index (χ1) is 11.5. The third-order valence-corrected chi connectivity index (χ3v) is 3.90. The van der Waals surface area contributed by atoms with Crippen molar-refractivity contribution in [3.8, 4) is 0 Å². The molecule has 0 bridgehead atoms. The fourth-order valence-electron chi connectivity index (χ4n) is 1.92. The Morgan fingerprint density at radius 3 is 2.50 bits per heavy atom. The van der Waals surface area contributed by atoms with Crippen LogP contribution in [0.2, 0.25) is 0 Å². The third-order valence-electron chi connectivity index (χ3n) is 3.03. The number of carbonyl (C=O) groups excluding carboxylic acids is 3. The number of thiophene rings is 1. The highest BCUT2D eigenvalue weighted by Gasteiger charge is 2.09. The minimum Gasteiger partial charge on any atom is -0.455 e. The van der Waals surface area contributed by atoms with Gasteiger partial charge < -0.3 is 15.4 Å². The Labute approximate surface area is 143 Å². The summed E-state index contributed by atoms with van der Waals surface area (Å²) >= 11 is 1.55. The monoisotopic (exact) mass is 346 g/mol. The Morgan fingerprint density at radius 1 is 1.12 bits per heavy atom. The van der Waals surface area contributed by atoms with Gasteiger partial charge in [-0.05, 0) is 29.1 Å². The van der Waals surface area contributed by atoms with Crippen LogP contribution in [-0.2, 0) is 32.1 Å². The van der Waals surface area contributed by atoms with E-state index in [1.165, 1.54) is 6.92 Å². The van der Waals surface area contributed by atoms with Crippen molar-refractivity contribution in [1.82, 2.24) is 5.32 Å². The van der Waals surface area contributed by atoms with Gasteiger partial charge >= 0.3 is 5.97 Å². The number of carbonyl (C=O) groups is 3. The van der Waals surface area contributed by atoms with Gasteiger partial charge in [-0.25, -0.2) is 0 Å². The van der Waals surface area contributed by atoms with Crippen LogP contribution >= 0.6 is 11.3 Å². The van der Waals surface area contributed by atoms with E-state index in [4.69, 9.17) is 4.74 Å². The molecule has 2 amide bonds. The SMILES string of the molecule is CC(=O)Nc1ccc(CC(=O)OCC(=O)NCc2cccs2)cc1. The molecule has 126 valence electrons. The van der Waals surface area contributed by atoms with Crippen LogP contribution < -0.4 is 10.6 Å². The van der Waals surface area contributed by atoms with Gasteiger partial charge in [0.1, 0.15) is 0 Å². The lowest BCUT2D eigenvalue weighted by molar-refractivity contribution is -0.147. The second-order valence-electron chi connectivity index (χ2n) is 5.07. The molecule has 0 aliphatic heterocycles. The van der Waals surface area contributed by atoms with Crippen LogP contribution in [0.25, 0.3) is 0 Å². The molecule has 7 heteroatoms. The number of nitrogens with one attached hydrogen (secondary N) is 2. The van der Waals surface area contributed by atoms with E-state index < -0.39 is 5.97 Å². The molecule has 0 aliphatic rings. The van der Waals surface area contributed by atoms with Gasteiger partial charge in [-0.15, -0.1) is 11.3 Å². The average molecular weight is 346 g/mol. The average Bonchev–Trinajstić information content (AvgIpc) is 3.06. The maximum Gasteiger partial charge on any atom is 0.310 e. The lowest BCUT2D eigenvalue weighted by atomic mass is 10.1. The number of esters is 1.